The summed E-state index contributed by atoms with van der Waals surface area (Å²) >= 11 is 1.46. The number of fused-ring (bicyclic) bond motifs is 2. The van der Waals surface area contributed by atoms with E-state index in [2.05, 4.69) is 0 Å². The van der Waals surface area contributed by atoms with Crippen LogP contribution in [-0.4, -0.2) is 34.9 Å². The van der Waals surface area contributed by atoms with Gasteiger partial charge in [0.05, 0.1) is 12.0 Å². The molecule has 160 valence electrons. The second kappa shape index (κ2) is 8.74. The third-order valence-electron chi connectivity index (χ3n) is 5.18. The van der Waals surface area contributed by atoms with Crippen molar-refractivity contribution in [2.45, 2.75) is 0 Å². The van der Waals surface area contributed by atoms with Crippen molar-refractivity contribution in [2.75, 3.05) is 7.11 Å². The first-order valence-electron chi connectivity index (χ1n) is 9.64. The predicted octanol–water partition coefficient (Wildman–Crippen LogP) is 4.79. The second-order valence-electron chi connectivity index (χ2n) is 6.97. The van der Waals surface area contributed by atoms with Gasteiger partial charge in [-0.25, -0.2) is 0 Å². The number of carbonyl (C=O) groups excluding carboxylic acids is 2. The Bertz CT molecular complexity index is 1300. The van der Waals surface area contributed by atoms with Crippen molar-refractivity contribution in [1.29, 1.82) is 0 Å². The van der Waals surface area contributed by atoms with E-state index in [1.807, 2.05) is 47.9 Å². The first-order valence-corrected chi connectivity index (χ1v) is 10.5. The fourth-order valence-electron chi connectivity index (χ4n) is 3.81. The molecule has 32 heavy (non-hydrogen) atoms. The first-order chi connectivity index (χ1) is 15.5. The van der Waals surface area contributed by atoms with E-state index in [0.29, 0.717) is 22.8 Å². The second-order valence-corrected chi connectivity index (χ2v) is 7.91. The van der Waals surface area contributed by atoms with Gasteiger partial charge in [0.2, 0.25) is 0 Å². The number of halogens is 2. The fourth-order valence-corrected chi connectivity index (χ4v) is 4.56. The van der Waals surface area contributed by atoms with Gasteiger partial charge >= 0.3 is 13.1 Å². The standard InChI is InChI=1S/C22H17BF2N2OS.CO2/c1-28-20-11-5-16(6-12-20)4-7-17-8-9-18-15-19-10-13-21(22-3-2-14-29-22)27(19)23(24,25)26(17)18;2-1-3/h2-15H,1H3;/b7-4+;. The molecule has 0 saturated heterocycles. The summed E-state index contributed by atoms with van der Waals surface area (Å²) in [6, 6.07) is 14.7. The quantitative estimate of drug-likeness (QED) is 0.537. The molecule has 9 heteroatoms. The van der Waals surface area contributed by atoms with Crippen LogP contribution in [0.25, 0.3) is 18.2 Å². The summed E-state index contributed by atoms with van der Waals surface area (Å²) in [6.45, 7) is -4.01. The summed E-state index contributed by atoms with van der Waals surface area (Å²) < 4.78 is 38.9. The van der Waals surface area contributed by atoms with E-state index in [9.17, 15) is 0 Å². The van der Waals surface area contributed by atoms with Crippen molar-refractivity contribution < 1.29 is 27.4 Å². The maximum absolute atomic E-state index is 15.7. The SMILES string of the molecule is COc1ccc(/C=C/c2ccc3n2[B-](F)(F)[N+]2=C(c4cccs4)C=CC2=C3)cc1.O=C=O. The van der Waals surface area contributed by atoms with Gasteiger partial charge in [0.25, 0.3) is 0 Å². The average Bonchev–Trinajstić information content (AvgIpc) is 3.53. The molecular weight excluding hydrogens is 433 g/mol. The Morgan fingerprint density at radius 3 is 2.47 bits per heavy atom. The van der Waals surface area contributed by atoms with Gasteiger partial charge in [-0.05, 0) is 47.4 Å². The molecule has 4 heterocycles. The largest absolute Gasteiger partial charge is 0.737 e. The van der Waals surface area contributed by atoms with Crippen LogP contribution in [0.2, 0.25) is 0 Å². The summed E-state index contributed by atoms with van der Waals surface area (Å²) in [5, 5.41) is 1.90. The Morgan fingerprint density at radius 1 is 1.06 bits per heavy atom. The lowest BCUT2D eigenvalue weighted by Crippen LogP contribution is -2.50. The van der Waals surface area contributed by atoms with Crippen LogP contribution in [0, 0.1) is 0 Å². The highest BCUT2D eigenvalue weighted by molar-refractivity contribution is 7.12. The normalized spacial score (nSPS) is 15.5. The number of benzene rings is 1. The molecular formula is C23H17BF2N2O3S. The van der Waals surface area contributed by atoms with Crippen molar-refractivity contribution >= 4 is 48.4 Å². The molecule has 0 aliphatic carbocycles. The molecule has 0 N–H and O–H groups in total. The predicted molar refractivity (Wildman–Crippen MR) is 121 cm³/mol. The Morgan fingerprint density at radius 2 is 1.81 bits per heavy atom. The van der Waals surface area contributed by atoms with Crippen LogP contribution < -0.4 is 4.74 Å². The Balaban J connectivity index is 0.000000775. The van der Waals surface area contributed by atoms with Crippen molar-refractivity contribution in [3.05, 3.63) is 93.6 Å². The van der Waals surface area contributed by atoms with E-state index >= 15 is 8.63 Å². The maximum atomic E-state index is 15.7. The molecule has 0 radical (unpaired) electrons. The summed E-state index contributed by atoms with van der Waals surface area (Å²) in [5.41, 5.74) is 2.95. The number of methoxy groups -OCH3 is 1. The fraction of sp³-hybridized carbons (Fsp3) is 0.0435. The highest BCUT2D eigenvalue weighted by atomic mass is 32.1. The molecule has 2 aliphatic rings. The van der Waals surface area contributed by atoms with Crippen LogP contribution in [0.3, 0.4) is 0 Å². The zero-order chi connectivity index (χ0) is 22.7. The van der Waals surface area contributed by atoms with Crippen LogP contribution in [0.5, 0.6) is 5.75 Å². The van der Waals surface area contributed by atoms with Gasteiger partial charge in [0, 0.05) is 29.6 Å². The number of nitrogens with zero attached hydrogens (tertiary/aromatic N) is 2. The van der Waals surface area contributed by atoms with Crippen molar-refractivity contribution in [3.63, 3.8) is 0 Å². The molecule has 5 nitrogen and oxygen atoms in total. The number of thiophene rings is 1. The topological polar surface area (TPSA) is 51.3 Å². The highest BCUT2D eigenvalue weighted by Crippen LogP contribution is 2.34. The Hall–Kier alpha value is -3.81. The van der Waals surface area contributed by atoms with Gasteiger partial charge in [-0.1, -0.05) is 24.3 Å². The average molecular weight is 450 g/mol. The Kier molecular flexibility index (Phi) is 5.86. The van der Waals surface area contributed by atoms with Crippen LogP contribution >= 0.6 is 11.3 Å². The first kappa shape index (κ1) is 21.4. The molecule has 5 rings (SSSR count). The number of allylic oxidation sites excluding steroid dienone is 2. The number of aromatic nitrogens is 1. The monoisotopic (exact) mass is 450 g/mol. The highest BCUT2D eigenvalue weighted by Gasteiger charge is 2.52. The zero-order valence-electron chi connectivity index (χ0n) is 16.9. The smallest absolute Gasteiger partial charge is 0.497 e. The molecule has 0 unspecified atom stereocenters. The summed E-state index contributed by atoms with van der Waals surface area (Å²) in [7, 11) is 1.61. The molecule has 0 saturated carbocycles. The van der Waals surface area contributed by atoms with Gasteiger partial charge < -0.3 is 22.3 Å². The number of hydrogen-bond donors (Lipinski definition) is 0. The van der Waals surface area contributed by atoms with Gasteiger partial charge in [-0.2, -0.15) is 9.59 Å². The molecule has 2 aliphatic heterocycles. The zero-order valence-corrected chi connectivity index (χ0v) is 17.8. The summed E-state index contributed by atoms with van der Waals surface area (Å²) in [6.07, 6.45) is 9.15. The van der Waals surface area contributed by atoms with E-state index < -0.39 is 6.97 Å². The van der Waals surface area contributed by atoms with Crippen LogP contribution in [0.1, 0.15) is 21.8 Å². The van der Waals surface area contributed by atoms with Gasteiger partial charge in [0.1, 0.15) is 5.75 Å². The lowest BCUT2D eigenvalue weighted by Gasteiger charge is -2.30. The summed E-state index contributed by atoms with van der Waals surface area (Å²) in [5.74, 6) is 0.757. The maximum Gasteiger partial charge on any atom is 0.737 e. The lowest BCUT2D eigenvalue weighted by atomic mass is 9.90. The minimum absolute atomic E-state index is 0.250. The minimum atomic E-state index is -4.01. The molecule has 3 aromatic rings. The molecule has 0 amide bonds. The summed E-state index contributed by atoms with van der Waals surface area (Å²) in [4.78, 5) is 17.1. The van der Waals surface area contributed by atoms with E-state index in [1.54, 1.807) is 43.5 Å². The van der Waals surface area contributed by atoms with Crippen molar-refractivity contribution in [2.24, 2.45) is 0 Å². The lowest BCUT2D eigenvalue weighted by molar-refractivity contribution is -0.360. The number of rotatable bonds is 4. The van der Waals surface area contributed by atoms with Gasteiger partial charge in [0.15, 0.2) is 11.4 Å². The van der Waals surface area contributed by atoms with Crippen molar-refractivity contribution in [1.82, 2.24) is 4.48 Å². The van der Waals surface area contributed by atoms with E-state index in [0.717, 1.165) is 20.7 Å². The van der Waals surface area contributed by atoms with Crippen LogP contribution in [0.4, 0.5) is 8.63 Å². The van der Waals surface area contributed by atoms with Crippen LogP contribution in [-0.2, 0) is 9.59 Å². The van der Waals surface area contributed by atoms with Crippen LogP contribution in [0.15, 0.2) is 71.8 Å². The molecule has 0 fully saturated rings. The van der Waals surface area contributed by atoms with Crippen molar-refractivity contribution in [3.8, 4) is 5.75 Å². The molecule has 0 atom stereocenters. The number of ether oxygens (including phenoxy) is 1. The molecule has 0 bridgehead atoms. The van der Waals surface area contributed by atoms with Gasteiger partial charge in [-0.3, -0.25) is 0 Å². The Labute approximate surface area is 186 Å². The van der Waals surface area contributed by atoms with Gasteiger partial charge in [-0.15, -0.1) is 11.3 Å². The molecule has 0 spiro atoms. The van der Waals surface area contributed by atoms with E-state index in [4.69, 9.17) is 14.3 Å². The minimum Gasteiger partial charge on any atom is -0.497 e. The third-order valence-corrected chi connectivity index (χ3v) is 6.08. The van der Waals surface area contributed by atoms with E-state index in [-0.39, 0.29) is 6.15 Å². The van der Waals surface area contributed by atoms with E-state index in [1.165, 1.54) is 15.8 Å². The third kappa shape index (κ3) is 3.79. The molecule has 1 aromatic carbocycles. The molecule has 2 aromatic heterocycles. The number of hydrogen-bond acceptors (Lipinski definition) is 4.